The van der Waals surface area contributed by atoms with Crippen molar-refractivity contribution in [3.8, 4) is 5.75 Å². The Morgan fingerprint density at radius 1 is 1.25 bits per heavy atom. The van der Waals surface area contributed by atoms with Gasteiger partial charge in [-0.05, 0) is 43.4 Å². The lowest BCUT2D eigenvalue weighted by Crippen LogP contribution is -2.54. The molecule has 1 aromatic carbocycles. The molecule has 0 amide bonds. The number of rotatable bonds is 5. The average Bonchev–Trinajstić information content (AvgIpc) is 3.27. The Balaban J connectivity index is 1.53. The van der Waals surface area contributed by atoms with E-state index >= 15 is 0 Å². The zero-order valence-corrected chi connectivity index (χ0v) is 20.2. The SMILES string of the molecule is C=C(Br)[C@H](Cc1ccc(OC)cc1)N1CC(I)CC12CCC1(CC2)OCCO1. The summed E-state index contributed by atoms with van der Waals surface area (Å²) in [5.74, 6) is 0.592. The van der Waals surface area contributed by atoms with Gasteiger partial charge < -0.3 is 14.2 Å². The maximum absolute atomic E-state index is 5.99. The lowest BCUT2D eigenvalue weighted by atomic mass is 9.76. The molecule has 0 radical (unpaired) electrons. The standard InChI is InChI=1S/C22H29BrINO3/c1-16(23)20(13-17-3-5-19(26-2)6-4-17)25-15-18(24)14-21(25)7-9-22(10-8-21)27-11-12-28-22/h3-6,18,20H,1,7-15H2,2H3/t18?,20-/m0/s1. The van der Waals surface area contributed by atoms with Crippen LogP contribution in [0.2, 0.25) is 0 Å². The molecule has 2 spiro atoms. The molecule has 1 unspecified atom stereocenters. The molecule has 6 heteroatoms. The van der Waals surface area contributed by atoms with Gasteiger partial charge in [0.05, 0.1) is 20.3 Å². The van der Waals surface area contributed by atoms with E-state index in [0.29, 0.717) is 3.92 Å². The zero-order chi connectivity index (χ0) is 19.8. The molecule has 0 aromatic heterocycles. The van der Waals surface area contributed by atoms with Crippen molar-refractivity contribution in [1.29, 1.82) is 0 Å². The highest BCUT2D eigenvalue weighted by Gasteiger charge is 2.53. The van der Waals surface area contributed by atoms with Crippen molar-refractivity contribution in [2.75, 3.05) is 26.9 Å². The quantitative estimate of drug-likeness (QED) is 0.370. The summed E-state index contributed by atoms with van der Waals surface area (Å²) < 4.78 is 19.0. The highest BCUT2D eigenvalue weighted by atomic mass is 127. The molecular weight excluding hydrogens is 533 g/mol. The lowest BCUT2D eigenvalue weighted by molar-refractivity contribution is -0.193. The van der Waals surface area contributed by atoms with E-state index in [1.165, 1.54) is 12.0 Å². The van der Waals surface area contributed by atoms with E-state index in [4.69, 9.17) is 14.2 Å². The van der Waals surface area contributed by atoms with Crippen LogP contribution in [0.3, 0.4) is 0 Å². The fourth-order valence-corrected chi connectivity index (χ4v) is 6.86. The molecule has 2 atom stereocenters. The Morgan fingerprint density at radius 2 is 1.89 bits per heavy atom. The minimum atomic E-state index is -0.308. The molecule has 2 aliphatic heterocycles. The lowest BCUT2D eigenvalue weighted by Gasteiger charge is -2.49. The van der Waals surface area contributed by atoms with Gasteiger partial charge in [-0.1, -0.05) is 57.2 Å². The largest absolute Gasteiger partial charge is 0.497 e. The van der Waals surface area contributed by atoms with Gasteiger partial charge in [0, 0.05) is 39.4 Å². The van der Waals surface area contributed by atoms with Crippen LogP contribution in [0.15, 0.2) is 35.3 Å². The fraction of sp³-hybridized carbons (Fsp3) is 0.636. The van der Waals surface area contributed by atoms with Crippen molar-refractivity contribution in [2.24, 2.45) is 0 Å². The molecule has 2 heterocycles. The van der Waals surface area contributed by atoms with E-state index in [0.717, 1.165) is 62.1 Å². The molecule has 4 nitrogen and oxygen atoms in total. The van der Waals surface area contributed by atoms with Crippen LogP contribution in [-0.4, -0.2) is 53.1 Å². The average molecular weight is 562 g/mol. The minimum absolute atomic E-state index is 0.222. The molecule has 0 bridgehead atoms. The Kier molecular flexibility index (Phi) is 6.43. The third kappa shape index (κ3) is 4.17. The van der Waals surface area contributed by atoms with Crippen molar-refractivity contribution in [3.05, 3.63) is 40.9 Å². The van der Waals surface area contributed by atoms with E-state index in [1.54, 1.807) is 7.11 Å². The summed E-state index contributed by atoms with van der Waals surface area (Å²) >= 11 is 6.38. The summed E-state index contributed by atoms with van der Waals surface area (Å²) in [4.78, 5) is 2.73. The smallest absolute Gasteiger partial charge is 0.168 e. The van der Waals surface area contributed by atoms with Gasteiger partial charge in [0.15, 0.2) is 5.79 Å². The minimum Gasteiger partial charge on any atom is -0.497 e. The first kappa shape index (κ1) is 21.1. The summed E-state index contributed by atoms with van der Waals surface area (Å²) in [5.41, 5.74) is 1.54. The van der Waals surface area contributed by atoms with E-state index in [-0.39, 0.29) is 17.4 Å². The Hall–Kier alpha value is -0.150. The van der Waals surface area contributed by atoms with Crippen LogP contribution < -0.4 is 4.74 Å². The number of nitrogens with zero attached hydrogens (tertiary/aromatic N) is 1. The number of halogens is 2. The van der Waals surface area contributed by atoms with Crippen molar-refractivity contribution >= 4 is 38.5 Å². The van der Waals surface area contributed by atoms with Crippen LogP contribution in [0.25, 0.3) is 0 Å². The first-order chi connectivity index (χ1) is 13.5. The molecule has 1 aromatic rings. The molecule has 1 aliphatic carbocycles. The molecule has 2 saturated heterocycles. The fourth-order valence-electron chi connectivity index (χ4n) is 5.21. The van der Waals surface area contributed by atoms with Gasteiger partial charge in [0.25, 0.3) is 0 Å². The molecule has 154 valence electrons. The molecule has 0 N–H and O–H groups in total. The normalized spacial score (nSPS) is 27.3. The number of ether oxygens (including phenoxy) is 3. The van der Waals surface area contributed by atoms with Crippen LogP contribution in [0, 0.1) is 0 Å². The van der Waals surface area contributed by atoms with Crippen molar-refractivity contribution in [1.82, 2.24) is 4.90 Å². The maximum Gasteiger partial charge on any atom is 0.168 e. The second-order valence-electron chi connectivity index (χ2n) is 8.30. The van der Waals surface area contributed by atoms with Gasteiger partial charge in [-0.2, -0.15) is 0 Å². The summed E-state index contributed by atoms with van der Waals surface area (Å²) in [5, 5.41) is 0. The molecule has 1 saturated carbocycles. The van der Waals surface area contributed by atoms with Crippen molar-refractivity contribution in [2.45, 2.75) is 59.8 Å². The monoisotopic (exact) mass is 561 g/mol. The number of hydrogen-bond donors (Lipinski definition) is 0. The summed E-state index contributed by atoms with van der Waals surface area (Å²) in [6.45, 7) is 6.89. The number of benzene rings is 1. The first-order valence-corrected chi connectivity index (χ1v) is 12.2. The Labute approximate surface area is 190 Å². The molecular formula is C22H29BrINO3. The molecule has 4 rings (SSSR count). The number of hydrogen-bond acceptors (Lipinski definition) is 4. The van der Waals surface area contributed by atoms with Gasteiger partial charge in [0.1, 0.15) is 5.75 Å². The van der Waals surface area contributed by atoms with E-state index in [9.17, 15) is 0 Å². The van der Waals surface area contributed by atoms with Crippen molar-refractivity contribution < 1.29 is 14.2 Å². The maximum atomic E-state index is 5.99. The Morgan fingerprint density at radius 3 is 2.46 bits per heavy atom. The predicted octanol–water partition coefficient (Wildman–Crippen LogP) is 5.08. The summed E-state index contributed by atoms with van der Waals surface area (Å²) in [6, 6.07) is 8.71. The van der Waals surface area contributed by atoms with Crippen LogP contribution >= 0.6 is 38.5 Å². The number of likely N-dealkylation sites (tertiary alicyclic amines) is 1. The van der Waals surface area contributed by atoms with E-state index in [2.05, 4.69) is 62.1 Å². The second kappa shape index (κ2) is 8.53. The van der Waals surface area contributed by atoms with Gasteiger partial charge in [-0.25, -0.2) is 0 Å². The van der Waals surface area contributed by atoms with Gasteiger partial charge in [0.2, 0.25) is 0 Å². The zero-order valence-electron chi connectivity index (χ0n) is 16.5. The van der Waals surface area contributed by atoms with E-state index in [1.807, 2.05) is 12.1 Å². The van der Waals surface area contributed by atoms with Crippen LogP contribution in [0.1, 0.15) is 37.7 Å². The van der Waals surface area contributed by atoms with Gasteiger partial charge in [-0.15, -0.1) is 0 Å². The summed E-state index contributed by atoms with van der Waals surface area (Å²) in [6.07, 6.45) is 6.45. The third-order valence-corrected chi connectivity index (χ3v) is 8.05. The number of alkyl halides is 1. The van der Waals surface area contributed by atoms with Gasteiger partial charge in [-0.3, -0.25) is 4.90 Å². The topological polar surface area (TPSA) is 30.9 Å². The van der Waals surface area contributed by atoms with E-state index < -0.39 is 0 Å². The van der Waals surface area contributed by atoms with Crippen molar-refractivity contribution in [3.63, 3.8) is 0 Å². The predicted molar refractivity (Wildman–Crippen MR) is 124 cm³/mol. The first-order valence-electron chi connectivity index (χ1n) is 10.1. The highest BCUT2D eigenvalue weighted by molar-refractivity contribution is 14.1. The highest BCUT2D eigenvalue weighted by Crippen LogP contribution is 2.50. The molecule has 3 aliphatic rings. The van der Waals surface area contributed by atoms with Crippen LogP contribution in [-0.2, 0) is 15.9 Å². The second-order valence-corrected chi connectivity index (χ2v) is 11.1. The number of methoxy groups -OCH3 is 1. The molecule has 28 heavy (non-hydrogen) atoms. The van der Waals surface area contributed by atoms with Crippen LogP contribution in [0.4, 0.5) is 0 Å². The van der Waals surface area contributed by atoms with Gasteiger partial charge >= 0.3 is 0 Å². The van der Waals surface area contributed by atoms with Crippen LogP contribution in [0.5, 0.6) is 5.75 Å². The summed E-state index contributed by atoms with van der Waals surface area (Å²) in [7, 11) is 1.71. The Bertz CT molecular complexity index is 694. The third-order valence-electron chi connectivity index (χ3n) is 6.69. The molecule has 3 fully saturated rings.